The third-order valence-corrected chi connectivity index (χ3v) is 1.62. The van der Waals surface area contributed by atoms with E-state index in [1.54, 1.807) is 0 Å². The molecular formula is C6H10N2O. The Morgan fingerprint density at radius 1 is 1.67 bits per heavy atom. The van der Waals surface area contributed by atoms with Gasteiger partial charge in [-0.15, -0.1) is 0 Å². The number of hydrogen-bond acceptors (Lipinski definition) is 3. The Morgan fingerprint density at radius 3 is 2.89 bits per heavy atom. The number of nitrogens with one attached hydrogen (secondary N) is 1. The standard InChI is InChI=1S/C6H10N2O/c7-3-5-1-2-8-4-6(5)9/h5-6,8-9H,1-2,4H2/t5-,6+/m1/s1. The van der Waals surface area contributed by atoms with E-state index in [-0.39, 0.29) is 5.92 Å². The normalized spacial score (nSPS) is 35.6. The van der Waals surface area contributed by atoms with Crippen molar-refractivity contribution >= 4 is 0 Å². The lowest BCUT2D eigenvalue weighted by atomic mass is 9.97. The van der Waals surface area contributed by atoms with Crippen LogP contribution >= 0.6 is 0 Å². The number of nitriles is 1. The van der Waals surface area contributed by atoms with Crippen LogP contribution in [0.3, 0.4) is 0 Å². The largest absolute Gasteiger partial charge is 0.390 e. The molecule has 1 rings (SSSR count). The maximum absolute atomic E-state index is 9.08. The molecule has 1 fully saturated rings. The van der Waals surface area contributed by atoms with E-state index in [1.165, 1.54) is 0 Å². The van der Waals surface area contributed by atoms with Gasteiger partial charge in [-0.1, -0.05) is 0 Å². The van der Waals surface area contributed by atoms with E-state index in [4.69, 9.17) is 10.4 Å². The molecule has 0 aromatic rings. The Balaban J connectivity index is 2.41. The lowest BCUT2D eigenvalue weighted by molar-refractivity contribution is 0.108. The van der Waals surface area contributed by atoms with Gasteiger partial charge >= 0.3 is 0 Å². The molecule has 0 aromatic carbocycles. The molecular weight excluding hydrogens is 116 g/mol. The highest BCUT2D eigenvalue weighted by Crippen LogP contribution is 2.09. The van der Waals surface area contributed by atoms with E-state index in [0.29, 0.717) is 6.54 Å². The van der Waals surface area contributed by atoms with Crippen LogP contribution in [0.4, 0.5) is 0 Å². The second-order valence-electron chi connectivity index (χ2n) is 2.30. The van der Waals surface area contributed by atoms with Crippen molar-refractivity contribution in [1.82, 2.24) is 5.32 Å². The smallest absolute Gasteiger partial charge is 0.0822 e. The quantitative estimate of drug-likeness (QED) is 0.459. The average molecular weight is 126 g/mol. The van der Waals surface area contributed by atoms with Crippen LogP contribution in [0.15, 0.2) is 0 Å². The Kier molecular flexibility index (Phi) is 2.04. The summed E-state index contributed by atoms with van der Waals surface area (Å²) in [6.45, 7) is 1.42. The van der Waals surface area contributed by atoms with Gasteiger partial charge in [0.15, 0.2) is 0 Å². The van der Waals surface area contributed by atoms with Gasteiger partial charge in [0, 0.05) is 6.54 Å². The maximum atomic E-state index is 9.08. The van der Waals surface area contributed by atoms with Crippen LogP contribution in [0.1, 0.15) is 6.42 Å². The molecule has 2 N–H and O–H groups in total. The van der Waals surface area contributed by atoms with Crippen molar-refractivity contribution in [1.29, 1.82) is 5.26 Å². The van der Waals surface area contributed by atoms with Crippen LogP contribution in [0.2, 0.25) is 0 Å². The summed E-state index contributed by atoms with van der Waals surface area (Å²) < 4.78 is 0. The lowest BCUT2D eigenvalue weighted by Gasteiger charge is -2.22. The van der Waals surface area contributed by atoms with E-state index in [0.717, 1.165) is 13.0 Å². The molecule has 0 radical (unpaired) electrons. The number of aliphatic hydroxyl groups excluding tert-OH is 1. The fraction of sp³-hybridized carbons (Fsp3) is 0.833. The fourth-order valence-corrected chi connectivity index (χ4v) is 0.993. The Hall–Kier alpha value is -0.590. The van der Waals surface area contributed by atoms with E-state index < -0.39 is 6.10 Å². The zero-order valence-corrected chi connectivity index (χ0v) is 5.17. The van der Waals surface area contributed by atoms with Crippen LogP contribution in [0.5, 0.6) is 0 Å². The van der Waals surface area contributed by atoms with Crippen LogP contribution in [-0.2, 0) is 0 Å². The summed E-state index contributed by atoms with van der Waals surface area (Å²) >= 11 is 0. The third kappa shape index (κ3) is 1.41. The predicted octanol–water partition coefficient (Wildman–Crippen LogP) is -0.520. The van der Waals surface area contributed by atoms with E-state index in [2.05, 4.69) is 11.4 Å². The molecule has 0 spiro atoms. The van der Waals surface area contributed by atoms with Crippen molar-refractivity contribution < 1.29 is 5.11 Å². The SMILES string of the molecule is N#C[C@H]1CCNC[C@@H]1O. The lowest BCUT2D eigenvalue weighted by Crippen LogP contribution is -2.39. The summed E-state index contributed by atoms with van der Waals surface area (Å²) in [6, 6.07) is 2.06. The zero-order valence-electron chi connectivity index (χ0n) is 5.17. The predicted molar refractivity (Wildman–Crippen MR) is 32.6 cm³/mol. The minimum absolute atomic E-state index is 0.147. The van der Waals surface area contributed by atoms with Crippen molar-refractivity contribution in [2.75, 3.05) is 13.1 Å². The monoisotopic (exact) mass is 126 g/mol. The number of nitrogens with zero attached hydrogens (tertiary/aromatic N) is 1. The summed E-state index contributed by atoms with van der Waals surface area (Å²) in [4.78, 5) is 0. The van der Waals surface area contributed by atoms with Gasteiger partial charge in [0.25, 0.3) is 0 Å². The highest BCUT2D eigenvalue weighted by atomic mass is 16.3. The van der Waals surface area contributed by atoms with Gasteiger partial charge in [-0.25, -0.2) is 0 Å². The minimum Gasteiger partial charge on any atom is -0.390 e. The Labute approximate surface area is 54.3 Å². The number of hydrogen-bond donors (Lipinski definition) is 2. The Morgan fingerprint density at radius 2 is 2.44 bits per heavy atom. The molecule has 2 atom stereocenters. The highest BCUT2D eigenvalue weighted by molar-refractivity contribution is 4.92. The molecule has 3 nitrogen and oxygen atoms in total. The molecule has 50 valence electrons. The van der Waals surface area contributed by atoms with Gasteiger partial charge in [0.1, 0.15) is 0 Å². The van der Waals surface area contributed by atoms with Crippen LogP contribution < -0.4 is 5.32 Å². The van der Waals surface area contributed by atoms with Gasteiger partial charge in [-0.3, -0.25) is 0 Å². The molecule has 0 bridgehead atoms. The maximum Gasteiger partial charge on any atom is 0.0822 e. The van der Waals surface area contributed by atoms with Crippen LogP contribution in [0, 0.1) is 17.2 Å². The third-order valence-electron chi connectivity index (χ3n) is 1.62. The number of rotatable bonds is 0. The van der Waals surface area contributed by atoms with Gasteiger partial charge < -0.3 is 10.4 Å². The first-order chi connectivity index (χ1) is 4.34. The van der Waals surface area contributed by atoms with Crippen molar-refractivity contribution in [3.8, 4) is 6.07 Å². The molecule has 0 saturated carbocycles. The topological polar surface area (TPSA) is 56.0 Å². The molecule has 0 aliphatic carbocycles. The number of piperidine rings is 1. The highest BCUT2D eigenvalue weighted by Gasteiger charge is 2.21. The van der Waals surface area contributed by atoms with E-state index in [1.807, 2.05) is 0 Å². The first-order valence-corrected chi connectivity index (χ1v) is 3.13. The molecule has 0 aromatic heterocycles. The Bertz CT molecular complexity index is 130. The summed E-state index contributed by atoms with van der Waals surface area (Å²) in [5.41, 5.74) is 0. The second-order valence-corrected chi connectivity index (χ2v) is 2.30. The summed E-state index contributed by atoms with van der Waals surface area (Å²) in [5.74, 6) is -0.147. The van der Waals surface area contributed by atoms with Crippen molar-refractivity contribution in [2.24, 2.45) is 5.92 Å². The molecule has 1 saturated heterocycles. The van der Waals surface area contributed by atoms with Gasteiger partial charge in [-0.05, 0) is 13.0 Å². The van der Waals surface area contributed by atoms with E-state index in [9.17, 15) is 0 Å². The van der Waals surface area contributed by atoms with Gasteiger partial charge in [-0.2, -0.15) is 5.26 Å². The van der Waals surface area contributed by atoms with Crippen molar-refractivity contribution in [2.45, 2.75) is 12.5 Å². The first-order valence-electron chi connectivity index (χ1n) is 3.13. The van der Waals surface area contributed by atoms with Gasteiger partial charge in [0.2, 0.25) is 0 Å². The summed E-state index contributed by atoms with van der Waals surface area (Å²) in [5, 5.41) is 20.5. The minimum atomic E-state index is -0.455. The number of aliphatic hydroxyl groups is 1. The molecule has 9 heavy (non-hydrogen) atoms. The molecule has 1 aliphatic rings. The fourth-order valence-electron chi connectivity index (χ4n) is 0.993. The van der Waals surface area contributed by atoms with Crippen LogP contribution in [0.25, 0.3) is 0 Å². The molecule has 1 heterocycles. The molecule has 0 unspecified atom stereocenters. The van der Waals surface area contributed by atoms with Crippen LogP contribution in [-0.4, -0.2) is 24.3 Å². The zero-order chi connectivity index (χ0) is 6.69. The van der Waals surface area contributed by atoms with Gasteiger partial charge in [0.05, 0.1) is 18.1 Å². The average Bonchev–Trinajstić information content (AvgIpc) is 1.89. The first kappa shape index (κ1) is 6.53. The van der Waals surface area contributed by atoms with E-state index >= 15 is 0 Å². The molecule has 3 heteroatoms. The summed E-state index contributed by atoms with van der Waals surface area (Å²) in [7, 11) is 0. The molecule has 1 aliphatic heterocycles. The number of β-amino-alcohol motifs (C(OH)–C–C–N with tert-alkyl or cyclic N) is 1. The van der Waals surface area contributed by atoms with Crippen molar-refractivity contribution in [3.63, 3.8) is 0 Å². The van der Waals surface area contributed by atoms with Crippen molar-refractivity contribution in [3.05, 3.63) is 0 Å². The summed E-state index contributed by atoms with van der Waals surface area (Å²) in [6.07, 6.45) is 0.321. The second kappa shape index (κ2) is 2.81. The molecule has 0 amide bonds.